The van der Waals surface area contributed by atoms with Gasteiger partial charge in [-0.3, -0.25) is 0 Å². The van der Waals surface area contributed by atoms with E-state index in [-0.39, 0.29) is 11.1 Å². The zero-order chi connectivity index (χ0) is 19.6. The number of nitrogens with zero attached hydrogens (tertiary/aromatic N) is 1. The van der Waals surface area contributed by atoms with E-state index in [1.807, 2.05) is 30.3 Å². The first-order valence-electron chi connectivity index (χ1n) is 8.67. The number of aliphatic imine (C=N–C) groups is 1. The Hall–Kier alpha value is -3.08. The molecule has 1 aliphatic rings. The molecule has 5 nitrogen and oxygen atoms in total. The number of carbonyl (C=O) groups is 1. The quantitative estimate of drug-likeness (QED) is 0.597. The highest BCUT2D eigenvalue weighted by Gasteiger charge is 2.24. The van der Waals surface area contributed by atoms with Crippen molar-refractivity contribution in [1.29, 1.82) is 0 Å². The van der Waals surface area contributed by atoms with Crippen LogP contribution in [0, 0.1) is 0 Å². The van der Waals surface area contributed by atoms with Crippen molar-refractivity contribution in [3.63, 3.8) is 0 Å². The van der Waals surface area contributed by atoms with Crippen molar-refractivity contribution in [2.45, 2.75) is 26.2 Å². The highest BCUT2D eigenvalue weighted by molar-refractivity contribution is 6.12. The monoisotopic (exact) mass is 365 g/mol. The fourth-order valence-electron chi connectivity index (χ4n) is 2.75. The Morgan fingerprint density at radius 1 is 0.963 bits per heavy atom. The van der Waals surface area contributed by atoms with Crippen LogP contribution in [0.3, 0.4) is 0 Å². The Morgan fingerprint density at radius 3 is 2.22 bits per heavy atom. The lowest BCUT2D eigenvalue weighted by atomic mass is 9.87. The van der Waals surface area contributed by atoms with E-state index in [0.717, 1.165) is 11.1 Å². The summed E-state index contributed by atoms with van der Waals surface area (Å²) in [6.45, 7) is 6.46. The molecule has 5 heteroatoms. The number of carbonyl (C=O) groups excluding carboxylic acids is 1. The van der Waals surface area contributed by atoms with Crippen molar-refractivity contribution in [2.75, 3.05) is 14.2 Å². The van der Waals surface area contributed by atoms with Gasteiger partial charge in [0.05, 0.1) is 14.2 Å². The Kier molecular flexibility index (Phi) is 5.04. The SMILES string of the molecule is COc1ccc(/C=C2/N=C(c3ccc(C(C)(C)C)cc3)OC2=O)cc1OC. The van der Waals surface area contributed by atoms with Gasteiger partial charge in [0.15, 0.2) is 17.2 Å². The molecule has 0 aliphatic carbocycles. The van der Waals surface area contributed by atoms with Crippen molar-refractivity contribution in [2.24, 2.45) is 4.99 Å². The van der Waals surface area contributed by atoms with Crippen LogP contribution in [0.25, 0.3) is 6.08 Å². The zero-order valence-corrected chi connectivity index (χ0v) is 16.2. The Labute approximate surface area is 159 Å². The Bertz CT molecular complexity index is 918. The van der Waals surface area contributed by atoms with Crippen LogP contribution in [-0.2, 0) is 14.9 Å². The van der Waals surface area contributed by atoms with Crippen molar-refractivity contribution in [3.8, 4) is 11.5 Å². The molecule has 2 aromatic rings. The van der Waals surface area contributed by atoms with Crippen molar-refractivity contribution >= 4 is 17.9 Å². The number of methoxy groups -OCH3 is 2. The third-order valence-corrected chi connectivity index (χ3v) is 4.33. The number of rotatable bonds is 4. The van der Waals surface area contributed by atoms with E-state index in [4.69, 9.17) is 14.2 Å². The first kappa shape index (κ1) is 18.7. The summed E-state index contributed by atoms with van der Waals surface area (Å²) in [5.74, 6) is 1.05. The van der Waals surface area contributed by atoms with E-state index >= 15 is 0 Å². The second kappa shape index (κ2) is 7.27. The van der Waals surface area contributed by atoms with Crippen LogP contribution in [0.4, 0.5) is 0 Å². The molecule has 3 rings (SSSR count). The van der Waals surface area contributed by atoms with Gasteiger partial charge < -0.3 is 14.2 Å². The zero-order valence-electron chi connectivity index (χ0n) is 16.2. The first-order chi connectivity index (χ1) is 12.8. The van der Waals surface area contributed by atoms with Gasteiger partial charge in [0, 0.05) is 5.56 Å². The van der Waals surface area contributed by atoms with Gasteiger partial charge in [-0.25, -0.2) is 9.79 Å². The van der Waals surface area contributed by atoms with E-state index in [1.165, 1.54) is 5.56 Å². The molecule has 0 saturated heterocycles. The molecular formula is C22H23NO4. The molecule has 140 valence electrons. The maximum atomic E-state index is 12.2. The third-order valence-electron chi connectivity index (χ3n) is 4.33. The van der Waals surface area contributed by atoms with Gasteiger partial charge >= 0.3 is 5.97 Å². The van der Waals surface area contributed by atoms with Crippen LogP contribution < -0.4 is 9.47 Å². The van der Waals surface area contributed by atoms with Crippen LogP contribution in [0.5, 0.6) is 11.5 Å². The van der Waals surface area contributed by atoms with E-state index in [2.05, 4.69) is 25.8 Å². The smallest absolute Gasteiger partial charge is 0.363 e. The van der Waals surface area contributed by atoms with E-state index in [9.17, 15) is 4.79 Å². The van der Waals surface area contributed by atoms with Crippen LogP contribution in [0.15, 0.2) is 53.2 Å². The molecule has 1 aliphatic heterocycles. The van der Waals surface area contributed by atoms with Crippen molar-refractivity contribution in [3.05, 3.63) is 64.9 Å². The maximum absolute atomic E-state index is 12.2. The molecular weight excluding hydrogens is 342 g/mol. The summed E-state index contributed by atoms with van der Waals surface area (Å²) in [7, 11) is 3.14. The standard InChI is InChI=1S/C22H23NO4/c1-22(2,3)16-9-7-15(8-10-16)20-23-17(21(24)27-20)12-14-6-11-18(25-4)19(13-14)26-5/h6-13H,1-5H3/b17-12+. The van der Waals surface area contributed by atoms with Crippen molar-refractivity contribution in [1.82, 2.24) is 0 Å². The normalized spacial score (nSPS) is 15.5. The van der Waals surface area contributed by atoms with Crippen LogP contribution in [0.1, 0.15) is 37.5 Å². The molecule has 0 radical (unpaired) electrons. The van der Waals surface area contributed by atoms with Crippen LogP contribution >= 0.6 is 0 Å². The number of esters is 1. The second-order valence-electron chi connectivity index (χ2n) is 7.28. The van der Waals surface area contributed by atoms with Gasteiger partial charge in [0.25, 0.3) is 0 Å². The Morgan fingerprint density at radius 2 is 1.63 bits per heavy atom. The van der Waals surface area contributed by atoms with Gasteiger partial charge in [0.1, 0.15) is 0 Å². The second-order valence-corrected chi connectivity index (χ2v) is 7.28. The molecule has 0 N–H and O–H groups in total. The predicted octanol–water partition coefficient (Wildman–Crippen LogP) is 4.35. The largest absolute Gasteiger partial charge is 0.493 e. The van der Waals surface area contributed by atoms with E-state index < -0.39 is 5.97 Å². The van der Waals surface area contributed by atoms with Gasteiger partial charge in [0.2, 0.25) is 5.90 Å². The Balaban J connectivity index is 1.89. The lowest BCUT2D eigenvalue weighted by Gasteiger charge is -2.18. The lowest BCUT2D eigenvalue weighted by Crippen LogP contribution is -2.11. The van der Waals surface area contributed by atoms with Gasteiger partial charge in [-0.1, -0.05) is 39.0 Å². The number of ether oxygens (including phenoxy) is 3. The molecule has 0 fully saturated rings. The fraction of sp³-hybridized carbons (Fsp3) is 0.273. The van der Waals surface area contributed by atoms with E-state index in [1.54, 1.807) is 32.4 Å². The fourth-order valence-corrected chi connectivity index (χ4v) is 2.75. The molecule has 27 heavy (non-hydrogen) atoms. The van der Waals surface area contributed by atoms with Gasteiger partial charge in [-0.2, -0.15) is 0 Å². The molecule has 0 aromatic heterocycles. The predicted molar refractivity (Wildman–Crippen MR) is 105 cm³/mol. The number of hydrogen-bond donors (Lipinski definition) is 0. The minimum absolute atomic E-state index is 0.0607. The van der Waals surface area contributed by atoms with Crippen LogP contribution in [-0.4, -0.2) is 26.1 Å². The number of benzene rings is 2. The molecule has 0 atom stereocenters. The molecule has 0 amide bonds. The van der Waals surface area contributed by atoms with Gasteiger partial charge in [-0.15, -0.1) is 0 Å². The van der Waals surface area contributed by atoms with Crippen LogP contribution in [0.2, 0.25) is 0 Å². The topological polar surface area (TPSA) is 57.1 Å². The average Bonchev–Trinajstić information content (AvgIpc) is 3.01. The summed E-state index contributed by atoms with van der Waals surface area (Å²) >= 11 is 0. The lowest BCUT2D eigenvalue weighted by molar-refractivity contribution is -0.129. The molecule has 0 unspecified atom stereocenters. The highest BCUT2D eigenvalue weighted by Crippen LogP contribution is 2.29. The number of hydrogen-bond acceptors (Lipinski definition) is 5. The summed E-state index contributed by atoms with van der Waals surface area (Å²) in [4.78, 5) is 16.6. The summed E-state index contributed by atoms with van der Waals surface area (Å²) < 4.78 is 15.9. The minimum Gasteiger partial charge on any atom is -0.493 e. The van der Waals surface area contributed by atoms with E-state index in [0.29, 0.717) is 17.4 Å². The average molecular weight is 365 g/mol. The number of cyclic esters (lactones) is 1. The summed E-state index contributed by atoms with van der Waals surface area (Å²) in [6.07, 6.45) is 1.67. The summed E-state index contributed by atoms with van der Waals surface area (Å²) in [5.41, 5.74) is 3.06. The minimum atomic E-state index is -0.473. The summed E-state index contributed by atoms with van der Waals surface area (Å²) in [6, 6.07) is 13.3. The molecule has 0 bridgehead atoms. The van der Waals surface area contributed by atoms with Gasteiger partial charge in [-0.05, 0) is 46.9 Å². The van der Waals surface area contributed by atoms with Crippen molar-refractivity contribution < 1.29 is 19.0 Å². The first-order valence-corrected chi connectivity index (χ1v) is 8.67. The third kappa shape index (κ3) is 4.03. The highest BCUT2D eigenvalue weighted by atomic mass is 16.6. The molecule has 0 saturated carbocycles. The molecule has 0 spiro atoms. The summed E-state index contributed by atoms with van der Waals surface area (Å²) in [5, 5.41) is 0. The molecule has 2 aromatic carbocycles. The molecule has 1 heterocycles. The maximum Gasteiger partial charge on any atom is 0.363 e.